The fourth-order valence-electron chi connectivity index (χ4n) is 1.51. The Bertz CT molecular complexity index is 329. The minimum absolute atomic E-state index is 0.214. The van der Waals surface area contributed by atoms with Crippen molar-refractivity contribution in [3.8, 4) is 0 Å². The van der Waals surface area contributed by atoms with Gasteiger partial charge in [0.25, 0.3) is 0 Å². The van der Waals surface area contributed by atoms with E-state index in [9.17, 15) is 4.79 Å². The molecule has 0 aliphatic carbocycles. The molecule has 0 atom stereocenters. The number of carbonyl (C=O) groups is 1. The maximum atomic E-state index is 10.4. The molecule has 1 aromatic rings. The van der Waals surface area contributed by atoms with Gasteiger partial charge in [-0.1, -0.05) is 25.1 Å². The Morgan fingerprint density at radius 3 is 2.71 bits per heavy atom. The highest BCUT2D eigenvalue weighted by Gasteiger charge is 2.01. The molecule has 2 heteroatoms. The fraction of sp³-hybridized carbons (Fsp3) is 0.417. The second-order valence-electron chi connectivity index (χ2n) is 3.51. The third-order valence-electron chi connectivity index (χ3n) is 2.42. The van der Waals surface area contributed by atoms with Crippen LogP contribution in [0.5, 0.6) is 0 Å². The first-order chi connectivity index (χ1) is 6.63. The summed E-state index contributed by atoms with van der Waals surface area (Å²) in [5.41, 5.74) is 3.72. The van der Waals surface area contributed by atoms with E-state index in [2.05, 4.69) is 26.0 Å². The molecule has 0 spiro atoms. The normalized spacial score (nSPS) is 10.1. The average molecular weight is 192 g/mol. The lowest BCUT2D eigenvalue weighted by Crippen LogP contribution is -1.98. The third-order valence-corrected chi connectivity index (χ3v) is 2.42. The van der Waals surface area contributed by atoms with E-state index in [1.807, 2.05) is 6.07 Å². The average Bonchev–Trinajstić information content (AvgIpc) is 2.16. The van der Waals surface area contributed by atoms with Gasteiger partial charge in [-0.05, 0) is 36.5 Å². The van der Waals surface area contributed by atoms with Crippen LogP contribution in [0.3, 0.4) is 0 Å². The van der Waals surface area contributed by atoms with Crippen molar-refractivity contribution in [2.24, 2.45) is 0 Å². The summed E-state index contributed by atoms with van der Waals surface area (Å²) >= 11 is 0. The lowest BCUT2D eigenvalue weighted by molar-refractivity contribution is -0.136. The number of carboxylic acids is 1. The molecule has 0 saturated carbocycles. The van der Waals surface area contributed by atoms with E-state index in [-0.39, 0.29) is 6.42 Å². The van der Waals surface area contributed by atoms with Crippen LogP contribution in [0.4, 0.5) is 0 Å². The van der Waals surface area contributed by atoms with Gasteiger partial charge in [0.05, 0.1) is 0 Å². The summed E-state index contributed by atoms with van der Waals surface area (Å²) < 4.78 is 0. The number of aliphatic carboxylic acids is 1. The zero-order valence-electron chi connectivity index (χ0n) is 8.71. The summed E-state index contributed by atoms with van der Waals surface area (Å²) in [6, 6.07) is 6.19. The summed E-state index contributed by atoms with van der Waals surface area (Å²) in [6.07, 6.45) is 1.85. The van der Waals surface area contributed by atoms with Crippen LogP contribution < -0.4 is 0 Å². The van der Waals surface area contributed by atoms with E-state index in [1.165, 1.54) is 11.1 Å². The Balaban J connectivity index is 2.74. The van der Waals surface area contributed by atoms with Gasteiger partial charge in [-0.3, -0.25) is 4.79 Å². The molecule has 0 amide bonds. The van der Waals surface area contributed by atoms with Gasteiger partial charge < -0.3 is 5.11 Å². The SMILES string of the molecule is CCc1cc(CCC(=O)O)ccc1C. The highest BCUT2D eigenvalue weighted by molar-refractivity contribution is 5.67. The number of hydrogen-bond donors (Lipinski definition) is 1. The van der Waals surface area contributed by atoms with Gasteiger partial charge in [0.1, 0.15) is 0 Å². The smallest absolute Gasteiger partial charge is 0.303 e. The Kier molecular flexibility index (Phi) is 3.69. The Morgan fingerprint density at radius 2 is 2.14 bits per heavy atom. The van der Waals surface area contributed by atoms with Gasteiger partial charge in [-0.25, -0.2) is 0 Å². The van der Waals surface area contributed by atoms with E-state index in [1.54, 1.807) is 0 Å². The first kappa shape index (κ1) is 10.8. The molecule has 1 N–H and O–H groups in total. The van der Waals surface area contributed by atoms with E-state index in [0.29, 0.717) is 6.42 Å². The monoisotopic (exact) mass is 192 g/mol. The van der Waals surface area contributed by atoms with E-state index < -0.39 is 5.97 Å². The molecule has 0 bridgehead atoms. The zero-order valence-corrected chi connectivity index (χ0v) is 8.71. The van der Waals surface area contributed by atoms with Crippen LogP contribution in [-0.4, -0.2) is 11.1 Å². The van der Waals surface area contributed by atoms with Gasteiger partial charge >= 0.3 is 5.97 Å². The number of rotatable bonds is 4. The van der Waals surface area contributed by atoms with Crippen LogP contribution in [0.25, 0.3) is 0 Å². The van der Waals surface area contributed by atoms with Crippen molar-refractivity contribution in [2.75, 3.05) is 0 Å². The van der Waals surface area contributed by atoms with E-state index in [0.717, 1.165) is 12.0 Å². The highest BCUT2D eigenvalue weighted by Crippen LogP contribution is 2.13. The van der Waals surface area contributed by atoms with Crippen LogP contribution in [0.1, 0.15) is 30.0 Å². The maximum absolute atomic E-state index is 10.4. The molecule has 0 aliphatic heterocycles. The van der Waals surface area contributed by atoms with E-state index >= 15 is 0 Å². The molecule has 0 aromatic heterocycles. The molecular formula is C12H16O2. The Labute approximate surface area is 84.6 Å². The van der Waals surface area contributed by atoms with Crippen molar-refractivity contribution in [3.05, 3.63) is 34.9 Å². The van der Waals surface area contributed by atoms with Crippen molar-refractivity contribution in [1.82, 2.24) is 0 Å². The zero-order chi connectivity index (χ0) is 10.6. The predicted molar refractivity (Wildman–Crippen MR) is 56.5 cm³/mol. The third kappa shape index (κ3) is 2.87. The first-order valence-corrected chi connectivity index (χ1v) is 4.93. The number of aryl methyl sites for hydroxylation is 3. The largest absolute Gasteiger partial charge is 0.481 e. The minimum atomic E-state index is -0.733. The van der Waals surface area contributed by atoms with Gasteiger partial charge in [-0.15, -0.1) is 0 Å². The van der Waals surface area contributed by atoms with Crippen LogP contribution in [-0.2, 0) is 17.6 Å². The predicted octanol–water partition coefficient (Wildman–Crippen LogP) is 2.57. The van der Waals surface area contributed by atoms with Crippen LogP contribution >= 0.6 is 0 Å². The second kappa shape index (κ2) is 4.80. The van der Waals surface area contributed by atoms with Gasteiger partial charge in [0.15, 0.2) is 0 Å². The Morgan fingerprint density at radius 1 is 1.43 bits per heavy atom. The lowest BCUT2D eigenvalue weighted by Gasteiger charge is -2.05. The van der Waals surface area contributed by atoms with Crippen molar-refractivity contribution in [3.63, 3.8) is 0 Å². The molecule has 0 fully saturated rings. The number of benzene rings is 1. The molecule has 1 rings (SSSR count). The van der Waals surface area contributed by atoms with Crippen LogP contribution in [0, 0.1) is 6.92 Å². The molecule has 2 nitrogen and oxygen atoms in total. The van der Waals surface area contributed by atoms with Gasteiger partial charge in [-0.2, -0.15) is 0 Å². The molecule has 0 saturated heterocycles. The van der Waals surface area contributed by atoms with Crippen molar-refractivity contribution < 1.29 is 9.90 Å². The summed E-state index contributed by atoms with van der Waals surface area (Å²) in [4.78, 5) is 10.4. The molecule has 0 aliphatic rings. The highest BCUT2D eigenvalue weighted by atomic mass is 16.4. The molecule has 0 unspecified atom stereocenters. The fourth-order valence-corrected chi connectivity index (χ4v) is 1.51. The molecule has 76 valence electrons. The standard InChI is InChI=1S/C12H16O2/c1-3-11-8-10(5-4-9(11)2)6-7-12(13)14/h4-5,8H,3,6-7H2,1-2H3,(H,13,14). The molecular weight excluding hydrogens is 176 g/mol. The van der Waals surface area contributed by atoms with Gasteiger partial charge in [0.2, 0.25) is 0 Å². The first-order valence-electron chi connectivity index (χ1n) is 4.93. The topological polar surface area (TPSA) is 37.3 Å². The second-order valence-corrected chi connectivity index (χ2v) is 3.51. The lowest BCUT2D eigenvalue weighted by atomic mass is 10.0. The summed E-state index contributed by atoms with van der Waals surface area (Å²) in [6.45, 7) is 4.20. The maximum Gasteiger partial charge on any atom is 0.303 e. The van der Waals surface area contributed by atoms with Crippen LogP contribution in [0.2, 0.25) is 0 Å². The Hall–Kier alpha value is -1.31. The number of carboxylic acid groups (broad SMARTS) is 1. The molecule has 1 aromatic carbocycles. The molecule has 0 radical (unpaired) electrons. The minimum Gasteiger partial charge on any atom is -0.481 e. The number of hydrogen-bond acceptors (Lipinski definition) is 1. The summed E-state index contributed by atoms with van der Waals surface area (Å²) in [5.74, 6) is -0.733. The van der Waals surface area contributed by atoms with E-state index in [4.69, 9.17) is 5.11 Å². The van der Waals surface area contributed by atoms with Gasteiger partial charge in [0, 0.05) is 6.42 Å². The van der Waals surface area contributed by atoms with Crippen molar-refractivity contribution >= 4 is 5.97 Å². The summed E-state index contributed by atoms with van der Waals surface area (Å²) in [5, 5.41) is 8.56. The van der Waals surface area contributed by atoms with Crippen LogP contribution in [0.15, 0.2) is 18.2 Å². The van der Waals surface area contributed by atoms with Crippen molar-refractivity contribution in [2.45, 2.75) is 33.1 Å². The molecule has 14 heavy (non-hydrogen) atoms. The van der Waals surface area contributed by atoms with Crippen molar-refractivity contribution in [1.29, 1.82) is 0 Å². The summed E-state index contributed by atoms with van der Waals surface area (Å²) in [7, 11) is 0. The quantitative estimate of drug-likeness (QED) is 0.796. The molecule has 0 heterocycles.